The van der Waals surface area contributed by atoms with Crippen LogP contribution in [0.3, 0.4) is 0 Å². The first-order chi connectivity index (χ1) is 11.1. The predicted molar refractivity (Wildman–Crippen MR) is 83.4 cm³/mol. The molecule has 0 aliphatic carbocycles. The summed E-state index contributed by atoms with van der Waals surface area (Å²) in [7, 11) is 0. The number of nitrogens with one attached hydrogen (secondary N) is 2. The zero-order chi connectivity index (χ0) is 16.2. The van der Waals surface area contributed by atoms with Crippen molar-refractivity contribution < 1.29 is 13.6 Å². The van der Waals surface area contributed by atoms with Gasteiger partial charge in [-0.05, 0) is 30.7 Å². The van der Waals surface area contributed by atoms with Gasteiger partial charge in [-0.25, -0.2) is 18.6 Å². The second-order valence-electron chi connectivity index (χ2n) is 5.32. The number of aromatic nitrogens is 1. The Labute approximate surface area is 132 Å². The molecule has 3 rings (SSSR count). The summed E-state index contributed by atoms with van der Waals surface area (Å²) in [4.78, 5) is 18.3. The van der Waals surface area contributed by atoms with E-state index in [0.717, 1.165) is 24.8 Å². The Bertz CT molecular complexity index is 696. The number of pyridine rings is 1. The normalized spacial score (nSPS) is 17.1. The number of nitrogens with zero attached hydrogens (tertiary/aromatic N) is 2. The number of urea groups is 1. The summed E-state index contributed by atoms with van der Waals surface area (Å²) in [5.41, 5.74) is -0.179. The minimum atomic E-state index is -1.07. The van der Waals surface area contributed by atoms with Gasteiger partial charge in [0.1, 0.15) is 5.82 Å². The number of hydrogen-bond donors (Lipinski definition) is 2. The van der Waals surface area contributed by atoms with Crippen molar-refractivity contribution in [2.75, 3.05) is 23.3 Å². The van der Waals surface area contributed by atoms with E-state index in [2.05, 4.69) is 20.5 Å². The molecule has 0 spiro atoms. The van der Waals surface area contributed by atoms with Crippen molar-refractivity contribution in [1.29, 1.82) is 0 Å². The third kappa shape index (κ3) is 3.56. The summed E-state index contributed by atoms with van der Waals surface area (Å²) >= 11 is 0. The quantitative estimate of drug-likeness (QED) is 0.915. The van der Waals surface area contributed by atoms with Gasteiger partial charge >= 0.3 is 6.03 Å². The summed E-state index contributed by atoms with van der Waals surface area (Å²) in [6, 6.07) is 8.68. The molecule has 0 saturated carbocycles. The van der Waals surface area contributed by atoms with E-state index in [-0.39, 0.29) is 11.7 Å². The van der Waals surface area contributed by atoms with E-state index in [1.54, 1.807) is 6.20 Å². The summed E-state index contributed by atoms with van der Waals surface area (Å²) < 4.78 is 26.6. The maximum atomic E-state index is 13.5. The number of rotatable bonds is 3. The van der Waals surface area contributed by atoms with E-state index >= 15 is 0 Å². The largest absolute Gasteiger partial charge is 0.354 e. The molecule has 23 heavy (non-hydrogen) atoms. The molecule has 2 amide bonds. The molecule has 1 saturated heterocycles. The Morgan fingerprint density at radius 3 is 2.87 bits per heavy atom. The molecule has 1 aromatic carbocycles. The molecular weight excluding hydrogens is 302 g/mol. The molecule has 1 aliphatic heterocycles. The van der Waals surface area contributed by atoms with Gasteiger partial charge in [0.25, 0.3) is 0 Å². The average Bonchev–Trinajstić information content (AvgIpc) is 3.01. The highest BCUT2D eigenvalue weighted by Crippen LogP contribution is 2.18. The van der Waals surface area contributed by atoms with Crippen molar-refractivity contribution >= 4 is 17.5 Å². The van der Waals surface area contributed by atoms with Crippen LogP contribution < -0.4 is 15.5 Å². The third-order valence-corrected chi connectivity index (χ3v) is 3.70. The van der Waals surface area contributed by atoms with Gasteiger partial charge in [-0.3, -0.25) is 0 Å². The van der Waals surface area contributed by atoms with Crippen LogP contribution in [0.4, 0.5) is 25.1 Å². The van der Waals surface area contributed by atoms with Gasteiger partial charge in [0.15, 0.2) is 11.6 Å². The van der Waals surface area contributed by atoms with E-state index in [9.17, 15) is 13.6 Å². The number of carbonyl (C=O) groups is 1. The zero-order valence-corrected chi connectivity index (χ0v) is 12.3. The maximum absolute atomic E-state index is 13.5. The Morgan fingerprint density at radius 2 is 2.09 bits per heavy atom. The smallest absolute Gasteiger partial charge is 0.319 e. The molecule has 1 aromatic heterocycles. The van der Waals surface area contributed by atoms with Crippen LogP contribution in [0.15, 0.2) is 42.6 Å². The first-order valence-electron chi connectivity index (χ1n) is 7.31. The van der Waals surface area contributed by atoms with Crippen LogP contribution in [0.5, 0.6) is 0 Å². The highest BCUT2D eigenvalue weighted by molar-refractivity contribution is 5.89. The van der Waals surface area contributed by atoms with Gasteiger partial charge in [-0.2, -0.15) is 0 Å². The van der Waals surface area contributed by atoms with Crippen LogP contribution in [0.2, 0.25) is 0 Å². The first-order valence-corrected chi connectivity index (χ1v) is 7.31. The maximum Gasteiger partial charge on any atom is 0.319 e. The molecule has 1 fully saturated rings. The summed E-state index contributed by atoms with van der Waals surface area (Å²) in [6.45, 7) is 1.40. The average molecular weight is 318 g/mol. The zero-order valence-electron chi connectivity index (χ0n) is 12.3. The fourth-order valence-electron chi connectivity index (χ4n) is 2.57. The van der Waals surface area contributed by atoms with Gasteiger partial charge in [0.05, 0.1) is 5.69 Å². The number of hydrogen-bond acceptors (Lipinski definition) is 3. The van der Waals surface area contributed by atoms with Crippen molar-refractivity contribution in [3.8, 4) is 0 Å². The Morgan fingerprint density at radius 1 is 1.22 bits per heavy atom. The molecule has 2 N–H and O–H groups in total. The van der Waals surface area contributed by atoms with Crippen LogP contribution in [-0.2, 0) is 0 Å². The molecule has 120 valence electrons. The fraction of sp³-hybridized carbons (Fsp3) is 0.250. The van der Waals surface area contributed by atoms with Crippen molar-refractivity contribution in [3.05, 3.63) is 54.2 Å². The Kier molecular flexibility index (Phi) is 4.36. The summed E-state index contributed by atoms with van der Waals surface area (Å²) in [5.74, 6) is -1.21. The van der Waals surface area contributed by atoms with Crippen LogP contribution in [0, 0.1) is 11.6 Å². The molecule has 1 atom stereocenters. The van der Waals surface area contributed by atoms with Crippen molar-refractivity contribution in [3.63, 3.8) is 0 Å². The van der Waals surface area contributed by atoms with Crippen LogP contribution >= 0.6 is 0 Å². The monoisotopic (exact) mass is 318 g/mol. The number of anilines is 2. The van der Waals surface area contributed by atoms with E-state index in [1.165, 1.54) is 12.1 Å². The number of carbonyl (C=O) groups excluding carboxylic acids is 1. The van der Waals surface area contributed by atoms with Gasteiger partial charge in [-0.1, -0.05) is 12.1 Å². The number of benzene rings is 1. The summed E-state index contributed by atoms with van der Waals surface area (Å²) in [5, 5.41) is 5.10. The van der Waals surface area contributed by atoms with Crippen LogP contribution in [-0.4, -0.2) is 30.1 Å². The van der Waals surface area contributed by atoms with E-state index < -0.39 is 17.7 Å². The van der Waals surface area contributed by atoms with Gasteiger partial charge < -0.3 is 15.5 Å². The molecule has 0 radical (unpaired) electrons. The van der Waals surface area contributed by atoms with E-state index in [1.807, 2.05) is 18.2 Å². The van der Waals surface area contributed by atoms with Crippen molar-refractivity contribution in [2.45, 2.75) is 12.5 Å². The number of amides is 2. The molecule has 0 unspecified atom stereocenters. The molecular formula is C16H16F2N4O. The third-order valence-electron chi connectivity index (χ3n) is 3.70. The first kappa shape index (κ1) is 15.2. The van der Waals surface area contributed by atoms with Gasteiger partial charge in [0, 0.05) is 25.3 Å². The Balaban J connectivity index is 1.56. The molecule has 2 aromatic rings. The van der Waals surface area contributed by atoms with Gasteiger partial charge in [-0.15, -0.1) is 0 Å². The Hall–Kier alpha value is -2.70. The van der Waals surface area contributed by atoms with Crippen LogP contribution in [0.25, 0.3) is 0 Å². The fourth-order valence-corrected chi connectivity index (χ4v) is 2.57. The lowest BCUT2D eigenvalue weighted by atomic mass is 10.2. The molecule has 2 heterocycles. The van der Waals surface area contributed by atoms with Crippen molar-refractivity contribution in [2.24, 2.45) is 0 Å². The molecule has 1 aliphatic rings. The highest BCUT2D eigenvalue weighted by Gasteiger charge is 2.25. The van der Waals surface area contributed by atoms with Crippen molar-refractivity contribution in [1.82, 2.24) is 10.3 Å². The highest BCUT2D eigenvalue weighted by atomic mass is 19.2. The molecule has 5 nitrogen and oxygen atoms in total. The second kappa shape index (κ2) is 6.60. The standard InChI is InChI=1S/C16H16F2N4O/c17-12-4-3-5-13(15(12)18)21-16(23)20-11-7-9-22(10-11)14-6-1-2-8-19-14/h1-6,8,11H,7,9-10H2,(H2,20,21,23)/t11-/m1/s1. The topological polar surface area (TPSA) is 57.3 Å². The molecule has 7 heteroatoms. The van der Waals surface area contributed by atoms with E-state index in [4.69, 9.17) is 0 Å². The lowest BCUT2D eigenvalue weighted by molar-refractivity contribution is 0.249. The molecule has 0 bridgehead atoms. The van der Waals surface area contributed by atoms with Gasteiger partial charge in [0.2, 0.25) is 0 Å². The minimum absolute atomic E-state index is 0.0753. The second-order valence-corrected chi connectivity index (χ2v) is 5.32. The van der Waals surface area contributed by atoms with Crippen LogP contribution in [0.1, 0.15) is 6.42 Å². The predicted octanol–water partition coefficient (Wildman–Crippen LogP) is 2.76. The SMILES string of the molecule is O=C(Nc1cccc(F)c1F)N[C@@H]1CCN(c2ccccn2)C1. The van der Waals surface area contributed by atoms with E-state index in [0.29, 0.717) is 6.54 Å². The summed E-state index contributed by atoms with van der Waals surface area (Å²) in [6.07, 6.45) is 2.48. The minimum Gasteiger partial charge on any atom is -0.354 e. The lowest BCUT2D eigenvalue weighted by Gasteiger charge is -2.18. The number of halogens is 2. The lowest BCUT2D eigenvalue weighted by Crippen LogP contribution is -2.40.